The number of rotatable bonds is 5. The molecule has 0 fully saturated rings. The number of aromatic nitrogens is 1. The number of amides is 1. The average molecular weight is 456 g/mol. The van der Waals surface area contributed by atoms with Gasteiger partial charge in [-0.15, -0.1) is 0 Å². The predicted molar refractivity (Wildman–Crippen MR) is 117 cm³/mol. The van der Waals surface area contributed by atoms with E-state index in [1.165, 1.54) is 11.7 Å². The molecule has 0 saturated heterocycles. The summed E-state index contributed by atoms with van der Waals surface area (Å²) >= 11 is 0.899. The number of carbonyl (C=O) groups is 2. The van der Waals surface area contributed by atoms with E-state index in [1.807, 2.05) is 24.3 Å². The Morgan fingerprint density at radius 3 is 2.50 bits per heavy atom. The van der Waals surface area contributed by atoms with E-state index in [1.54, 1.807) is 19.1 Å². The van der Waals surface area contributed by atoms with Gasteiger partial charge in [-0.3, -0.25) is 9.59 Å². The van der Waals surface area contributed by atoms with Crippen molar-refractivity contribution in [1.82, 2.24) is 4.57 Å². The third kappa shape index (κ3) is 4.11. The van der Waals surface area contributed by atoms with Crippen LogP contribution in [0.15, 0.2) is 53.5 Å². The van der Waals surface area contributed by atoms with Gasteiger partial charge in [0, 0.05) is 6.07 Å². The molecular formula is C23H18F2N2O4S. The minimum absolute atomic E-state index is 0.0264. The van der Waals surface area contributed by atoms with E-state index in [9.17, 15) is 18.4 Å². The summed E-state index contributed by atoms with van der Waals surface area (Å²) < 4.78 is 40.1. The lowest BCUT2D eigenvalue weighted by molar-refractivity contribution is -0.143. The van der Waals surface area contributed by atoms with E-state index in [0.29, 0.717) is 11.8 Å². The number of methoxy groups -OCH3 is 1. The molecule has 0 aliphatic rings. The van der Waals surface area contributed by atoms with Crippen LogP contribution in [0.2, 0.25) is 0 Å². The molecular weight excluding hydrogens is 438 g/mol. The van der Waals surface area contributed by atoms with Gasteiger partial charge in [0.25, 0.3) is 5.91 Å². The van der Waals surface area contributed by atoms with E-state index in [0.717, 1.165) is 28.2 Å². The highest BCUT2D eigenvalue weighted by Crippen LogP contribution is 2.27. The molecule has 4 rings (SSSR count). The lowest BCUT2D eigenvalue weighted by Crippen LogP contribution is -2.23. The first-order valence-electron chi connectivity index (χ1n) is 9.71. The number of thiazole rings is 1. The highest BCUT2D eigenvalue weighted by atomic mass is 32.1. The second-order valence-corrected chi connectivity index (χ2v) is 7.84. The van der Waals surface area contributed by atoms with Crippen molar-refractivity contribution in [2.24, 2.45) is 4.99 Å². The van der Waals surface area contributed by atoms with Gasteiger partial charge in [-0.05, 0) is 35.9 Å². The molecule has 1 amide bonds. The zero-order valence-electron chi connectivity index (χ0n) is 17.2. The Bertz CT molecular complexity index is 1430. The lowest BCUT2D eigenvalue weighted by atomic mass is 10.1. The van der Waals surface area contributed by atoms with Crippen LogP contribution in [0.25, 0.3) is 21.0 Å². The number of esters is 1. The van der Waals surface area contributed by atoms with Gasteiger partial charge in [0.05, 0.1) is 29.5 Å². The molecule has 1 aromatic heterocycles. The van der Waals surface area contributed by atoms with Gasteiger partial charge in [-0.1, -0.05) is 35.6 Å². The van der Waals surface area contributed by atoms with Crippen molar-refractivity contribution in [2.45, 2.75) is 13.5 Å². The van der Waals surface area contributed by atoms with E-state index in [2.05, 4.69) is 4.99 Å². The first-order valence-corrected chi connectivity index (χ1v) is 10.5. The smallest absolute Gasteiger partial charge is 0.326 e. The molecule has 4 aromatic rings. The number of benzene rings is 3. The standard InChI is InChI=1S/C23H18F2N2O4S/c1-3-31-20(28)12-27-21-17(25)10-15(24)11-19(21)32-23(27)26-22(29)16-8-13-6-4-5-7-14(13)9-18(16)30-2/h4-11H,3,12H2,1-2H3. The third-order valence-electron chi connectivity index (χ3n) is 4.78. The fraction of sp³-hybridized carbons (Fsp3) is 0.174. The highest BCUT2D eigenvalue weighted by molar-refractivity contribution is 7.16. The number of ether oxygens (including phenoxy) is 2. The molecule has 32 heavy (non-hydrogen) atoms. The van der Waals surface area contributed by atoms with Gasteiger partial charge in [0.2, 0.25) is 0 Å². The van der Waals surface area contributed by atoms with Crippen molar-refractivity contribution in [3.63, 3.8) is 0 Å². The Balaban J connectivity index is 1.89. The highest BCUT2D eigenvalue weighted by Gasteiger charge is 2.18. The van der Waals surface area contributed by atoms with Gasteiger partial charge in [0.1, 0.15) is 18.1 Å². The maximum Gasteiger partial charge on any atom is 0.326 e. The molecule has 0 unspecified atom stereocenters. The molecule has 0 bridgehead atoms. The molecule has 3 aromatic carbocycles. The Kier molecular flexibility index (Phi) is 6.00. The second-order valence-electron chi connectivity index (χ2n) is 6.83. The van der Waals surface area contributed by atoms with Crippen molar-refractivity contribution in [1.29, 1.82) is 0 Å². The monoisotopic (exact) mass is 456 g/mol. The summed E-state index contributed by atoms with van der Waals surface area (Å²) in [6.45, 7) is 1.40. The quantitative estimate of drug-likeness (QED) is 0.416. The number of hydrogen-bond donors (Lipinski definition) is 0. The lowest BCUT2D eigenvalue weighted by Gasteiger charge is -2.08. The zero-order chi connectivity index (χ0) is 22.8. The van der Waals surface area contributed by atoms with E-state index < -0.39 is 23.5 Å². The van der Waals surface area contributed by atoms with E-state index in [4.69, 9.17) is 9.47 Å². The molecule has 0 saturated carbocycles. The Hall–Kier alpha value is -3.59. The van der Waals surface area contributed by atoms with Crippen molar-refractivity contribution >= 4 is 44.2 Å². The van der Waals surface area contributed by atoms with Crippen molar-refractivity contribution in [3.05, 3.63) is 70.5 Å². The van der Waals surface area contributed by atoms with Gasteiger partial charge in [-0.25, -0.2) is 8.78 Å². The first kappa shape index (κ1) is 21.6. The van der Waals surface area contributed by atoms with E-state index >= 15 is 0 Å². The minimum Gasteiger partial charge on any atom is -0.496 e. The molecule has 0 aliphatic carbocycles. The van der Waals surface area contributed by atoms with Crippen LogP contribution in [0.3, 0.4) is 0 Å². The van der Waals surface area contributed by atoms with Crippen LogP contribution >= 0.6 is 11.3 Å². The molecule has 1 heterocycles. The molecule has 6 nitrogen and oxygen atoms in total. The normalized spacial score (nSPS) is 11.8. The SMILES string of the molecule is CCOC(=O)Cn1c(=NC(=O)c2cc3ccccc3cc2OC)sc2cc(F)cc(F)c21. The van der Waals surface area contributed by atoms with Gasteiger partial charge < -0.3 is 14.0 Å². The van der Waals surface area contributed by atoms with Crippen molar-refractivity contribution in [3.8, 4) is 5.75 Å². The topological polar surface area (TPSA) is 69.9 Å². The average Bonchev–Trinajstić information content (AvgIpc) is 3.09. The number of nitrogens with zero attached hydrogens (tertiary/aromatic N) is 2. The maximum absolute atomic E-state index is 14.6. The Labute approximate surface area is 185 Å². The van der Waals surface area contributed by atoms with Crippen LogP contribution in [0.5, 0.6) is 5.75 Å². The molecule has 0 radical (unpaired) electrons. The van der Waals surface area contributed by atoms with Crippen LogP contribution in [-0.4, -0.2) is 30.2 Å². The van der Waals surface area contributed by atoms with Crippen LogP contribution in [-0.2, 0) is 16.1 Å². The van der Waals surface area contributed by atoms with Crippen LogP contribution in [0.1, 0.15) is 17.3 Å². The number of hydrogen-bond acceptors (Lipinski definition) is 5. The summed E-state index contributed by atoms with van der Waals surface area (Å²) in [4.78, 5) is 29.4. The molecule has 0 spiro atoms. The fourth-order valence-corrected chi connectivity index (χ4v) is 4.47. The third-order valence-corrected chi connectivity index (χ3v) is 5.81. The molecule has 9 heteroatoms. The number of fused-ring (bicyclic) bond motifs is 2. The molecule has 0 atom stereocenters. The van der Waals surface area contributed by atoms with Crippen LogP contribution in [0.4, 0.5) is 8.78 Å². The summed E-state index contributed by atoms with van der Waals surface area (Å²) in [5.74, 6) is -2.58. The summed E-state index contributed by atoms with van der Waals surface area (Å²) in [6, 6.07) is 12.7. The fourth-order valence-electron chi connectivity index (χ4n) is 3.40. The van der Waals surface area contributed by atoms with Gasteiger partial charge in [-0.2, -0.15) is 4.99 Å². The van der Waals surface area contributed by atoms with Crippen LogP contribution in [0, 0.1) is 11.6 Å². The number of carbonyl (C=O) groups excluding carboxylic acids is 2. The van der Waals surface area contributed by atoms with Gasteiger partial charge in [0.15, 0.2) is 10.6 Å². The molecule has 0 aliphatic heterocycles. The largest absolute Gasteiger partial charge is 0.496 e. The van der Waals surface area contributed by atoms with Crippen molar-refractivity contribution < 1.29 is 27.8 Å². The summed E-state index contributed by atoms with van der Waals surface area (Å²) in [7, 11) is 1.44. The summed E-state index contributed by atoms with van der Waals surface area (Å²) in [5.41, 5.74) is 0.180. The van der Waals surface area contributed by atoms with Crippen LogP contribution < -0.4 is 9.54 Å². The Morgan fingerprint density at radius 2 is 1.81 bits per heavy atom. The number of halogens is 2. The Morgan fingerprint density at radius 1 is 1.09 bits per heavy atom. The van der Waals surface area contributed by atoms with Gasteiger partial charge >= 0.3 is 5.97 Å². The second kappa shape index (κ2) is 8.88. The summed E-state index contributed by atoms with van der Waals surface area (Å²) in [5, 5.41) is 1.70. The predicted octanol–water partition coefficient (Wildman–Crippen LogP) is 4.45. The molecule has 164 valence electrons. The summed E-state index contributed by atoms with van der Waals surface area (Å²) in [6.07, 6.45) is 0. The van der Waals surface area contributed by atoms with E-state index in [-0.39, 0.29) is 33.7 Å². The first-order chi connectivity index (χ1) is 15.4. The molecule has 0 N–H and O–H groups in total. The van der Waals surface area contributed by atoms with Crippen molar-refractivity contribution in [2.75, 3.05) is 13.7 Å². The minimum atomic E-state index is -0.863. The maximum atomic E-state index is 14.6. The zero-order valence-corrected chi connectivity index (χ0v) is 18.0.